The minimum absolute atomic E-state index is 0.289. The molecule has 0 spiro atoms. The molecule has 0 saturated heterocycles. The van der Waals surface area contributed by atoms with Crippen LogP contribution >= 0.6 is 0 Å². The predicted octanol–water partition coefficient (Wildman–Crippen LogP) is 2.66. The second-order valence-electron chi connectivity index (χ2n) is 6.29. The zero-order valence-corrected chi connectivity index (χ0v) is 15.0. The van der Waals surface area contributed by atoms with Crippen molar-refractivity contribution >= 4 is 29.2 Å². The molecule has 1 heterocycles. The number of para-hydroxylation sites is 2. The molecule has 0 bridgehead atoms. The lowest BCUT2D eigenvalue weighted by atomic mass is 10.1. The second-order valence-corrected chi connectivity index (χ2v) is 6.29. The first kappa shape index (κ1) is 18.4. The Hall–Kier alpha value is -3.35. The van der Waals surface area contributed by atoms with Crippen LogP contribution in [0.25, 0.3) is 0 Å². The van der Waals surface area contributed by atoms with Crippen molar-refractivity contribution in [1.82, 2.24) is 0 Å². The molecule has 140 valence electrons. The van der Waals surface area contributed by atoms with Crippen molar-refractivity contribution in [1.29, 1.82) is 0 Å². The molecule has 2 aromatic rings. The lowest BCUT2D eigenvalue weighted by Gasteiger charge is -2.25. The topological polar surface area (TPSA) is 93.7 Å². The highest BCUT2D eigenvalue weighted by Gasteiger charge is 2.31. The van der Waals surface area contributed by atoms with E-state index < -0.39 is 30.0 Å². The van der Waals surface area contributed by atoms with Gasteiger partial charge in [0.05, 0.1) is 12.1 Å². The Kier molecular flexibility index (Phi) is 5.40. The number of esters is 1. The van der Waals surface area contributed by atoms with Gasteiger partial charge in [-0.1, -0.05) is 24.3 Å². The standard InChI is InChI=1S/C20H20N2O5/c1-12-6-5-7-14(10-12)21-19(24)13(2)26-18(23)11-17-20(25)22-15-8-3-4-9-16(15)27-17/h3-10,13,17H,11H2,1-2H3,(H,21,24)(H,22,25). The molecule has 0 aromatic heterocycles. The quantitative estimate of drug-likeness (QED) is 0.792. The maximum absolute atomic E-state index is 12.2. The van der Waals surface area contributed by atoms with Crippen LogP contribution in [0.5, 0.6) is 5.75 Å². The Morgan fingerprint density at radius 2 is 2.00 bits per heavy atom. The number of fused-ring (bicyclic) bond motifs is 1. The zero-order valence-electron chi connectivity index (χ0n) is 15.0. The van der Waals surface area contributed by atoms with Gasteiger partial charge in [0.15, 0.2) is 12.2 Å². The minimum atomic E-state index is -1.00. The number of hydrogen-bond donors (Lipinski definition) is 2. The van der Waals surface area contributed by atoms with Crippen LogP contribution in [0.4, 0.5) is 11.4 Å². The maximum Gasteiger partial charge on any atom is 0.310 e. The first-order valence-corrected chi connectivity index (χ1v) is 8.56. The van der Waals surface area contributed by atoms with Crippen LogP contribution in [0.3, 0.4) is 0 Å². The fourth-order valence-electron chi connectivity index (χ4n) is 2.64. The summed E-state index contributed by atoms with van der Waals surface area (Å²) in [5.74, 6) is -1.09. The highest BCUT2D eigenvalue weighted by molar-refractivity contribution is 6.00. The van der Waals surface area contributed by atoms with E-state index in [1.165, 1.54) is 6.92 Å². The van der Waals surface area contributed by atoms with Crippen molar-refractivity contribution in [3.05, 3.63) is 54.1 Å². The molecule has 7 nitrogen and oxygen atoms in total. The van der Waals surface area contributed by atoms with E-state index in [4.69, 9.17) is 9.47 Å². The monoisotopic (exact) mass is 368 g/mol. The number of aryl methyl sites for hydroxylation is 1. The maximum atomic E-state index is 12.2. The number of carbonyl (C=O) groups is 3. The van der Waals surface area contributed by atoms with E-state index in [0.717, 1.165) is 5.56 Å². The number of ether oxygens (including phenoxy) is 2. The third-order valence-electron chi connectivity index (χ3n) is 4.02. The largest absolute Gasteiger partial charge is 0.478 e. The number of nitrogens with one attached hydrogen (secondary N) is 2. The van der Waals surface area contributed by atoms with E-state index in [-0.39, 0.29) is 6.42 Å². The number of benzene rings is 2. The Balaban J connectivity index is 1.54. The van der Waals surface area contributed by atoms with Gasteiger partial charge in [0.2, 0.25) is 0 Å². The Morgan fingerprint density at radius 1 is 1.22 bits per heavy atom. The summed E-state index contributed by atoms with van der Waals surface area (Å²) in [6, 6.07) is 14.2. The molecule has 0 saturated carbocycles. The molecule has 2 amide bonds. The van der Waals surface area contributed by atoms with Crippen molar-refractivity contribution in [2.24, 2.45) is 0 Å². The fourth-order valence-corrected chi connectivity index (χ4v) is 2.64. The van der Waals surface area contributed by atoms with Crippen molar-refractivity contribution in [2.75, 3.05) is 10.6 Å². The summed E-state index contributed by atoms with van der Waals surface area (Å²) in [5.41, 5.74) is 2.17. The highest BCUT2D eigenvalue weighted by Crippen LogP contribution is 2.29. The predicted molar refractivity (Wildman–Crippen MR) is 99.5 cm³/mol. The van der Waals surface area contributed by atoms with Crippen LogP contribution in [-0.4, -0.2) is 30.0 Å². The number of amides is 2. The molecule has 0 aliphatic carbocycles. The molecule has 2 atom stereocenters. The van der Waals surface area contributed by atoms with E-state index in [9.17, 15) is 14.4 Å². The molecule has 2 N–H and O–H groups in total. The van der Waals surface area contributed by atoms with Gasteiger partial charge >= 0.3 is 5.97 Å². The zero-order chi connectivity index (χ0) is 19.4. The molecule has 1 aliphatic heterocycles. The SMILES string of the molecule is Cc1cccc(NC(=O)C(C)OC(=O)CC2Oc3ccccc3NC2=O)c1. The van der Waals surface area contributed by atoms with E-state index in [1.807, 2.05) is 25.1 Å². The van der Waals surface area contributed by atoms with Gasteiger partial charge in [0.25, 0.3) is 11.8 Å². The summed E-state index contributed by atoms with van der Waals surface area (Å²) >= 11 is 0. The summed E-state index contributed by atoms with van der Waals surface area (Å²) in [5, 5.41) is 5.36. The van der Waals surface area contributed by atoms with Gasteiger partial charge < -0.3 is 20.1 Å². The molecule has 7 heteroatoms. The first-order valence-electron chi connectivity index (χ1n) is 8.56. The fraction of sp³-hybridized carbons (Fsp3) is 0.250. The second kappa shape index (κ2) is 7.90. The average molecular weight is 368 g/mol. The minimum Gasteiger partial charge on any atom is -0.478 e. The van der Waals surface area contributed by atoms with Gasteiger partial charge in [-0.05, 0) is 43.7 Å². The number of hydrogen-bond acceptors (Lipinski definition) is 5. The summed E-state index contributed by atoms with van der Waals surface area (Å²) in [4.78, 5) is 36.4. The van der Waals surface area contributed by atoms with Crippen molar-refractivity contribution < 1.29 is 23.9 Å². The van der Waals surface area contributed by atoms with Crippen LogP contribution in [0, 0.1) is 6.92 Å². The van der Waals surface area contributed by atoms with Crippen LogP contribution in [-0.2, 0) is 19.1 Å². The van der Waals surface area contributed by atoms with E-state index in [1.54, 1.807) is 30.3 Å². The molecular weight excluding hydrogens is 348 g/mol. The molecule has 2 aromatic carbocycles. The van der Waals surface area contributed by atoms with Crippen molar-refractivity contribution in [2.45, 2.75) is 32.5 Å². The third-order valence-corrected chi connectivity index (χ3v) is 4.02. The van der Waals surface area contributed by atoms with Crippen molar-refractivity contribution in [3.8, 4) is 5.75 Å². The molecular formula is C20H20N2O5. The van der Waals surface area contributed by atoms with E-state index >= 15 is 0 Å². The first-order chi connectivity index (χ1) is 12.9. The summed E-state index contributed by atoms with van der Waals surface area (Å²) in [6.45, 7) is 3.38. The smallest absolute Gasteiger partial charge is 0.310 e. The Labute approximate surface area is 156 Å². The van der Waals surface area contributed by atoms with Gasteiger partial charge in [-0.15, -0.1) is 0 Å². The molecule has 2 unspecified atom stereocenters. The van der Waals surface area contributed by atoms with Gasteiger partial charge in [0.1, 0.15) is 5.75 Å². The summed E-state index contributed by atoms with van der Waals surface area (Å²) < 4.78 is 10.7. The average Bonchev–Trinajstić information content (AvgIpc) is 2.62. The van der Waals surface area contributed by atoms with Gasteiger partial charge in [-0.25, -0.2) is 0 Å². The number of anilines is 2. The molecule has 0 radical (unpaired) electrons. The molecule has 27 heavy (non-hydrogen) atoms. The van der Waals surface area contributed by atoms with Crippen LogP contribution in [0.1, 0.15) is 18.9 Å². The summed E-state index contributed by atoms with van der Waals surface area (Å²) in [6.07, 6.45) is -2.29. The summed E-state index contributed by atoms with van der Waals surface area (Å²) in [7, 11) is 0. The van der Waals surface area contributed by atoms with Crippen LogP contribution in [0.2, 0.25) is 0 Å². The Bertz CT molecular complexity index is 880. The lowest BCUT2D eigenvalue weighted by molar-refractivity contribution is -0.155. The highest BCUT2D eigenvalue weighted by atomic mass is 16.6. The number of carbonyl (C=O) groups excluding carboxylic acids is 3. The van der Waals surface area contributed by atoms with Gasteiger partial charge in [0, 0.05) is 5.69 Å². The normalized spacial score (nSPS) is 16.4. The van der Waals surface area contributed by atoms with Gasteiger partial charge in [-0.2, -0.15) is 0 Å². The van der Waals surface area contributed by atoms with E-state index in [2.05, 4.69) is 10.6 Å². The molecule has 0 fully saturated rings. The third kappa shape index (κ3) is 4.63. The van der Waals surface area contributed by atoms with Crippen LogP contribution in [0.15, 0.2) is 48.5 Å². The lowest BCUT2D eigenvalue weighted by Crippen LogP contribution is -2.40. The molecule has 3 rings (SSSR count). The number of rotatable bonds is 5. The Morgan fingerprint density at radius 3 is 2.78 bits per heavy atom. The van der Waals surface area contributed by atoms with Crippen LogP contribution < -0.4 is 15.4 Å². The molecule has 1 aliphatic rings. The van der Waals surface area contributed by atoms with E-state index in [0.29, 0.717) is 17.1 Å². The van der Waals surface area contributed by atoms with Crippen molar-refractivity contribution in [3.63, 3.8) is 0 Å². The van der Waals surface area contributed by atoms with Gasteiger partial charge in [-0.3, -0.25) is 14.4 Å².